The third kappa shape index (κ3) is 2.22. The van der Waals surface area contributed by atoms with Crippen LogP contribution in [0.2, 0.25) is 0 Å². The van der Waals surface area contributed by atoms with Gasteiger partial charge >= 0.3 is 0 Å². The van der Waals surface area contributed by atoms with Crippen LogP contribution in [0.15, 0.2) is 23.8 Å². The van der Waals surface area contributed by atoms with Gasteiger partial charge in [-0.15, -0.1) is 11.3 Å². The van der Waals surface area contributed by atoms with Crippen LogP contribution >= 0.6 is 11.3 Å². The first-order valence-corrected chi connectivity index (χ1v) is 4.64. The molecule has 0 saturated carbocycles. The van der Waals surface area contributed by atoms with E-state index in [0.717, 1.165) is 10.8 Å². The molecule has 0 aromatic carbocycles. The van der Waals surface area contributed by atoms with Gasteiger partial charge in [0.1, 0.15) is 10.8 Å². The summed E-state index contributed by atoms with van der Waals surface area (Å²) in [6, 6.07) is 1.80. The standard InChI is InChI=1S/C8H7N4S/c1-2-9-6-12-7(1)11-5-8-10-3-4-13-8/h1-4H,5H2,(H,9,11,12). The van der Waals surface area contributed by atoms with Gasteiger partial charge in [-0.2, -0.15) is 0 Å². The topological polar surface area (TPSA) is 50.7 Å². The lowest BCUT2D eigenvalue weighted by molar-refractivity contribution is 1.05. The van der Waals surface area contributed by atoms with Gasteiger partial charge in [-0.25, -0.2) is 15.0 Å². The first kappa shape index (κ1) is 8.12. The number of nitrogens with zero attached hydrogens (tertiary/aromatic N) is 3. The molecule has 2 aromatic heterocycles. The summed E-state index contributed by atoms with van der Waals surface area (Å²) in [5, 5.41) is 6.10. The van der Waals surface area contributed by atoms with Crippen LogP contribution in [-0.2, 0) is 6.54 Å². The van der Waals surface area contributed by atoms with Crippen molar-refractivity contribution in [2.24, 2.45) is 0 Å². The monoisotopic (exact) mass is 191 g/mol. The van der Waals surface area contributed by atoms with Crippen molar-refractivity contribution >= 4 is 17.2 Å². The molecule has 0 aliphatic heterocycles. The van der Waals surface area contributed by atoms with Crippen LogP contribution < -0.4 is 5.32 Å². The zero-order valence-electron chi connectivity index (χ0n) is 6.77. The summed E-state index contributed by atoms with van der Waals surface area (Å²) in [6.45, 7) is 0.697. The predicted molar refractivity (Wildman–Crippen MR) is 50.3 cm³/mol. The van der Waals surface area contributed by atoms with Crippen LogP contribution in [0, 0.1) is 6.33 Å². The fourth-order valence-corrected chi connectivity index (χ4v) is 1.42. The Kier molecular flexibility index (Phi) is 2.47. The van der Waals surface area contributed by atoms with Crippen molar-refractivity contribution in [1.29, 1.82) is 0 Å². The molecule has 0 unspecified atom stereocenters. The summed E-state index contributed by atoms with van der Waals surface area (Å²) in [5.41, 5.74) is 0. The number of nitrogens with one attached hydrogen (secondary N) is 1. The fourth-order valence-electron chi connectivity index (χ4n) is 0.866. The van der Waals surface area contributed by atoms with Crippen LogP contribution in [0.1, 0.15) is 5.01 Å². The van der Waals surface area contributed by atoms with Crippen molar-refractivity contribution in [3.63, 3.8) is 0 Å². The number of hydrogen-bond donors (Lipinski definition) is 1. The number of thiazole rings is 1. The van der Waals surface area contributed by atoms with E-state index in [1.54, 1.807) is 29.8 Å². The van der Waals surface area contributed by atoms with Gasteiger partial charge in [0.25, 0.3) is 0 Å². The molecule has 1 N–H and O–H groups in total. The molecule has 0 amide bonds. The molecule has 5 heteroatoms. The Morgan fingerprint density at radius 3 is 3.15 bits per heavy atom. The zero-order valence-corrected chi connectivity index (χ0v) is 7.58. The Morgan fingerprint density at radius 1 is 1.46 bits per heavy atom. The maximum Gasteiger partial charge on any atom is 0.199 e. The van der Waals surface area contributed by atoms with E-state index in [4.69, 9.17) is 0 Å². The molecule has 2 aromatic rings. The van der Waals surface area contributed by atoms with Gasteiger partial charge in [0.05, 0.1) is 6.54 Å². The van der Waals surface area contributed by atoms with Gasteiger partial charge in [0, 0.05) is 17.8 Å². The average molecular weight is 191 g/mol. The van der Waals surface area contributed by atoms with E-state index in [1.165, 1.54) is 0 Å². The van der Waals surface area contributed by atoms with Gasteiger partial charge in [0.2, 0.25) is 0 Å². The largest absolute Gasteiger partial charge is 0.363 e. The van der Waals surface area contributed by atoms with Gasteiger partial charge in [-0.1, -0.05) is 0 Å². The first-order chi connectivity index (χ1) is 6.45. The molecule has 13 heavy (non-hydrogen) atoms. The van der Waals surface area contributed by atoms with E-state index in [2.05, 4.69) is 26.6 Å². The molecule has 2 heterocycles. The molecule has 0 saturated heterocycles. The van der Waals surface area contributed by atoms with E-state index in [-0.39, 0.29) is 0 Å². The molecule has 0 aliphatic rings. The minimum Gasteiger partial charge on any atom is -0.363 e. The van der Waals surface area contributed by atoms with Gasteiger partial charge in [0.15, 0.2) is 6.33 Å². The Bertz CT molecular complexity index is 346. The molecule has 65 valence electrons. The number of anilines is 1. The maximum atomic E-state index is 4.13. The second-order valence-electron chi connectivity index (χ2n) is 2.32. The predicted octanol–water partition coefficient (Wildman–Crippen LogP) is 1.35. The molecule has 4 nitrogen and oxygen atoms in total. The van der Waals surface area contributed by atoms with Crippen molar-refractivity contribution in [3.8, 4) is 0 Å². The average Bonchev–Trinajstić information content (AvgIpc) is 2.69. The smallest absolute Gasteiger partial charge is 0.199 e. The van der Waals surface area contributed by atoms with Crippen molar-refractivity contribution in [2.45, 2.75) is 6.54 Å². The molecular formula is C8H7N4S. The molecule has 0 aliphatic carbocycles. The summed E-state index contributed by atoms with van der Waals surface area (Å²) in [4.78, 5) is 11.7. The van der Waals surface area contributed by atoms with E-state index >= 15 is 0 Å². The summed E-state index contributed by atoms with van der Waals surface area (Å²) in [5.74, 6) is 0.769. The SMILES string of the molecule is [c]1nccc(NCc2nccs2)n1. The van der Waals surface area contributed by atoms with Gasteiger partial charge < -0.3 is 5.32 Å². The number of rotatable bonds is 3. The Balaban J connectivity index is 1.94. The van der Waals surface area contributed by atoms with Crippen molar-refractivity contribution in [3.05, 3.63) is 35.2 Å². The highest BCUT2D eigenvalue weighted by molar-refractivity contribution is 7.09. The lowest BCUT2D eigenvalue weighted by Crippen LogP contribution is -2.00. The highest BCUT2D eigenvalue weighted by atomic mass is 32.1. The molecule has 0 bridgehead atoms. The maximum absolute atomic E-state index is 4.13. The van der Waals surface area contributed by atoms with Crippen molar-refractivity contribution in [1.82, 2.24) is 15.0 Å². The molecular weight excluding hydrogens is 184 g/mol. The van der Waals surface area contributed by atoms with Crippen molar-refractivity contribution < 1.29 is 0 Å². The lowest BCUT2D eigenvalue weighted by Gasteiger charge is -2.00. The van der Waals surface area contributed by atoms with E-state index < -0.39 is 0 Å². The third-order valence-corrected chi connectivity index (χ3v) is 2.22. The molecule has 0 spiro atoms. The van der Waals surface area contributed by atoms with Crippen LogP contribution in [-0.4, -0.2) is 15.0 Å². The molecule has 1 radical (unpaired) electrons. The second kappa shape index (κ2) is 3.95. The van der Waals surface area contributed by atoms with Crippen LogP contribution in [0.4, 0.5) is 5.82 Å². The molecule has 0 fully saturated rings. The normalized spacial score (nSPS) is 9.85. The van der Waals surface area contributed by atoms with Gasteiger partial charge in [-0.3, -0.25) is 0 Å². The number of hydrogen-bond acceptors (Lipinski definition) is 5. The summed E-state index contributed by atoms with van der Waals surface area (Å²) in [6.07, 6.45) is 5.95. The summed E-state index contributed by atoms with van der Waals surface area (Å²) in [7, 11) is 0. The van der Waals surface area contributed by atoms with Crippen LogP contribution in [0.25, 0.3) is 0 Å². The second-order valence-corrected chi connectivity index (χ2v) is 3.30. The first-order valence-electron chi connectivity index (χ1n) is 3.76. The summed E-state index contributed by atoms with van der Waals surface area (Å²) < 4.78 is 0. The minimum absolute atomic E-state index is 0.697. The third-order valence-electron chi connectivity index (χ3n) is 1.44. The highest BCUT2D eigenvalue weighted by Crippen LogP contribution is 2.06. The van der Waals surface area contributed by atoms with Crippen LogP contribution in [0.5, 0.6) is 0 Å². The minimum atomic E-state index is 0.697. The van der Waals surface area contributed by atoms with E-state index in [0.29, 0.717) is 6.54 Å². The summed E-state index contributed by atoms with van der Waals surface area (Å²) >= 11 is 1.61. The Morgan fingerprint density at radius 2 is 2.46 bits per heavy atom. The van der Waals surface area contributed by atoms with Crippen molar-refractivity contribution in [2.75, 3.05) is 5.32 Å². The van der Waals surface area contributed by atoms with Crippen LogP contribution in [0.3, 0.4) is 0 Å². The molecule has 0 atom stereocenters. The number of aromatic nitrogens is 3. The fraction of sp³-hybridized carbons (Fsp3) is 0.125. The quantitative estimate of drug-likeness (QED) is 0.795. The molecule has 2 rings (SSSR count). The van der Waals surface area contributed by atoms with E-state index in [1.807, 2.05) is 5.38 Å². The Labute approximate surface area is 79.7 Å². The highest BCUT2D eigenvalue weighted by Gasteiger charge is 1.95. The lowest BCUT2D eigenvalue weighted by atomic mass is 10.5. The Hall–Kier alpha value is -1.49. The van der Waals surface area contributed by atoms with E-state index in [9.17, 15) is 0 Å². The van der Waals surface area contributed by atoms with Gasteiger partial charge in [-0.05, 0) is 6.07 Å². The zero-order chi connectivity index (χ0) is 8.93.